The summed E-state index contributed by atoms with van der Waals surface area (Å²) in [6.07, 6.45) is 4.11. The van der Waals surface area contributed by atoms with E-state index < -0.39 is 0 Å². The highest BCUT2D eigenvalue weighted by molar-refractivity contribution is 5.96. The normalized spacial score (nSPS) is 12.1. The van der Waals surface area contributed by atoms with Gasteiger partial charge in [-0.05, 0) is 44.5 Å². The molecule has 0 spiro atoms. The van der Waals surface area contributed by atoms with Crippen LogP contribution in [0.15, 0.2) is 59.0 Å². The van der Waals surface area contributed by atoms with Gasteiger partial charge in [0.1, 0.15) is 5.58 Å². The average molecular weight is 291 g/mol. The molecule has 3 rings (SSSR count). The fourth-order valence-corrected chi connectivity index (χ4v) is 2.42. The van der Waals surface area contributed by atoms with Crippen LogP contribution in [0.25, 0.3) is 23.1 Å². The Kier molecular flexibility index (Phi) is 3.76. The van der Waals surface area contributed by atoms with Crippen molar-refractivity contribution in [1.29, 1.82) is 0 Å². The van der Waals surface area contributed by atoms with Gasteiger partial charge in [-0.15, -0.1) is 0 Å². The minimum atomic E-state index is -0.0258. The van der Waals surface area contributed by atoms with Crippen LogP contribution in [0.1, 0.15) is 32.1 Å². The van der Waals surface area contributed by atoms with Crippen molar-refractivity contribution in [3.63, 3.8) is 0 Å². The molecule has 1 heterocycles. The van der Waals surface area contributed by atoms with Gasteiger partial charge in [-0.3, -0.25) is 0 Å². The number of rotatable bonds is 3. The van der Waals surface area contributed by atoms with Gasteiger partial charge < -0.3 is 9.73 Å². The first-order valence-corrected chi connectivity index (χ1v) is 7.56. The second-order valence-corrected chi connectivity index (χ2v) is 6.46. The summed E-state index contributed by atoms with van der Waals surface area (Å²) < 4.78 is 6.02. The molecule has 0 saturated carbocycles. The summed E-state index contributed by atoms with van der Waals surface area (Å²) in [5.74, 6) is 0.861. The van der Waals surface area contributed by atoms with Crippen LogP contribution in [0, 0.1) is 0 Å². The predicted molar refractivity (Wildman–Crippen MR) is 95.0 cm³/mol. The van der Waals surface area contributed by atoms with Crippen molar-refractivity contribution >= 4 is 28.8 Å². The molecule has 0 atom stereocenters. The minimum Gasteiger partial charge on any atom is -0.454 e. The van der Waals surface area contributed by atoms with Crippen LogP contribution in [-0.4, -0.2) is 5.54 Å². The van der Waals surface area contributed by atoms with Gasteiger partial charge in [0.15, 0.2) is 5.76 Å². The lowest BCUT2D eigenvalue weighted by Gasteiger charge is -2.21. The van der Waals surface area contributed by atoms with Gasteiger partial charge in [0.05, 0.1) is 5.69 Å². The highest BCUT2D eigenvalue weighted by atomic mass is 16.3. The van der Waals surface area contributed by atoms with Crippen molar-refractivity contribution in [1.82, 2.24) is 0 Å². The van der Waals surface area contributed by atoms with E-state index in [9.17, 15) is 0 Å². The summed E-state index contributed by atoms with van der Waals surface area (Å²) in [5, 5.41) is 4.68. The number of anilines is 1. The Morgan fingerprint density at radius 2 is 1.55 bits per heavy atom. The van der Waals surface area contributed by atoms with E-state index in [1.165, 1.54) is 0 Å². The zero-order valence-corrected chi connectivity index (χ0v) is 13.3. The quantitative estimate of drug-likeness (QED) is 0.658. The zero-order valence-electron chi connectivity index (χ0n) is 13.3. The largest absolute Gasteiger partial charge is 0.454 e. The number of para-hydroxylation sites is 1. The number of hydrogen-bond acceptors (Lipinski definition) is 2. The van der Waals surface area contributed by atoms with Gasteiger partial charge in [0, 0.05) is 10.9 Å². The maximum Gasteiger partial charge on any atom is 0.151 e. The first-order chi connectivity index (χ1) is 10.5. The molecule has 0 aliphatic carbocycles. The first kappa shape index (κ1) is 14.5. The van der Waals surface area contributed by atoms with Crippen molar-refractivity contribution in [2.45, 2.75) is 26.3 Å². The molecule has 2 nitrogen and oxygen atoms in total. The highest BCUT2D eigenvalue weighted by Crippen LogP contribution is 2.34. The molecular weight excluding hydrogens is 270 g/mol. The first-order valence-electron chi connectivity index (χ1n) is 7.56. The molecule has 3 aromatic rings. The number of benzene rings is 2. The number of fused-ring (bicyclic) bond motifs is 1. The summed E-state index contributed by atoms with van der Waals surface area (Å²) in [6, 6.07) is 18.4. The molecular formula is C20H21NO. The molecule has 0 aliphatic heterocycles. The topological polar surface area (TPSA) is 25.2 Å². The van der Waals surface area contributed by atoms with Gasteiger partial charge in [0.25, 0.3) is 0 Å². The van der Waals surface area contributed by atoms with Gasteiger partial charge in [-0.1, -0.05) is 48.5 Å². The molecule has 0 radical (unpaired) electrons. The summed E-state index contributed by atoms with van der Waals surface area (Å²) in [5.41, 5.74) is 3.09. The Labute approximate surface area is 131 Å². The van der Waals surface area contributed by atoms with Crippen molar-refractivity contribution < 1.29 is 4.42 Å². The number of furan rings is 1. The Hall–Kier alpha value is -2.48. The van der Waals surface area contributed by atoms with Crippen LogP contribution < -0.4 is 5.32 Å². The molecule has 1 aromatic heterocycles. The lowest BCUT2D eigenvalue weighted by molar-refractivity contribution is 0.595. The van der Waals surface area contributed by atoms with Crippen LogP contribution in [0.2, 0.25) is 0 Å². The molecule has 112 valence electrons. The van der Waals surface area contributed by atoms with Crippen LogP contribution in [0.4, 0.5) is 5.69 Å². The maximum absolute atomic E-state index is 6.02. The smallest absolute Gasteiger partial charge is 0.151 e. The third-order valence-electron chi connectivity index (χ3n) is 3.35. The van der Waals surface area contributed by atoms with Gasteiger partial charge in [-0.2, -0.15) is 0 Å². The summed E-state index contributed by atoms with van der Waals surface area (Å²) in [7, 11) is 0. The maximum atomic E-state index is 6.02. The van der Waals surface area contributed by atoms with E-state index in [2.05, 4.69) is 50.4 Å². The summed E-state index contributed by atoms with van der Waals surface area (Å²) in [6.45, 7) is 6.46. The van der Waals surface area contributed by atoms with Crippen LogP contribution >= 0.6 is 0 Å². The average Bonchev–Trinajstić information content (AvgIpc) is 2.83. The van der Waals surface area contributed by atoms with Gasteiger partial charge in [-0.25, -0.2) is 0 Å². The number of nitrogens with one attached hydrogen (secondary N) is 1. The Morgan fingerprint density at radius 3 is 2.27 bits per heavy atom. The molecule has 2 heteroatoms. The van der Waals surface area contributed by atoms with E-state index in [0.717, 1.165) is 28.0 Å². The second-order valence-electron chi connectivity index (χ2n) is 6.46. The Morgan fingerprint density at radius 1 is 0.864 bits per heavy atom. The summed E-state index contributed by atoms with van der Waals surface area (Å²) >= 11 is 0. The lowest BCUT2D eigenvalue weighted by Crippen LogP contribution is -2.26. The molecule has 22 heavy (non-hydrogen) atoms. The van der Waals surface area contributed by atoms with E-state index in [-0.39, 0.29) is 5.54 Å². The standard InChI is InChI=1S/C20H21NO/c1-20(2,3)21-19-16-11-7-8-12-17(16)22-18(19)14-13-15-9-5-4-6-10-15/h4-14,21H,1-3H3/b14-13+. The van der Waals surface area contributed by atoms with E-state index in [1.807, 2.05) is 42.5 Å². The van der Waals surface area contributed by atoms with Crippen LogP contribution in [0.3, 0.4) is 0 Å². The molecule has 0 unspecified atom stereocenters. The second kappa shape index (κ2) is 5.72. The van der Waals surface area contributed by atoms with Crippen molar-refractivity contribution in [2.24, 2.45) is 0 Å². The number of hydrogen-bond donors (Lipinski definition) is 1. The predicted octanol–water partition coefficient (Wildman–Crippen LogP) is 5.81. The monoisotopic (exact) mass is 291 g/mol. The summed E-state index contributed by atoms with van der Waals surface area (Å²) in [4.78, 5) is 0. The van der Waals surface area contributed by atoms with Crippen molar-refractivity contribution in [2.75, 3.05) is 5.32 Å². The minimum absolute atomic E-state index is 0.0258. The molecule has 0 saturated heterocycles. The van der Waals surface area contributed by atoms with Crippen molar-refractivity contribution in [3.8, 4) is 0 Å². The van der Waals surface area contributed by atoms with E-state index in [0.29, 0.717) is 0 Å². The van der Waals surface area contributed by atoms with Crippen molar-refractivity contribution in [3.05, 3.63) is 65.9 Å². The lowest BCUT2D eigenvalue weighted by atomic mass is 10.1. The Bertz CT molecular complexity index is 791. The molecule has 0 aliphatic rings. The fourth-order valence-electron chi connectivity index (χ4n) is 2.42. The van der Waals surface area contributed by atoms with E-state index >= 15 is 0 Å². The fraction of sp³-hybridized carbons (Fsp3) is 0.200. The van der Waals surface area contributed by atoms with Gasteiger partial charge >= 0.3 is 0 Å². The van der Waals surface area contributed by atoms with E-state index in [1.54, 1.807) is 0 Å². The zero-order chi connectivity index (χ0) is 15.6. The molecule has 2 aromatic carbocycles. The van der Waals surface area contributed by atoms with E-state index in [4.69, 9.17) is 4.42 Å². The Balaban J connectivity index is 2.04. The molecule has 0 bridgehead atoms. The van der Waals surface area contributed by atoms with Crippen LogP contribution in [0.5, 0.6) is 0 Å². The van der Waals surface area contributed by atoms with Crippen LogP contribution in [-0.2, 0) is 0 Å². The molecule has 0 fully saturated rings. The molecule has 0 amide bonds. The SMILES string of the molecule is CC(C)(C)Nc1c(/C=C/c2ccccc2)oc2ccccc12. The third kappa shape index (κ3) is 3.22. The highest BCUT2D eigenvalue weighted by Gasteiger charge is 2.17. The third-order valence-corrected chi connectivity index (χ3v) is 3.35. The molecule has 1 N–H and O–H groups in total. The van der Waals surface area contributed by atoms with Gasteiger partial charge in [0.2, 0.25) is 0 Å².